The molecule has 4 rings (SSSR count). The average Bonchev–Trinajstić information content (AvgIpc) is 2.86. The quantitative estimate of drug-likeness (QED) is 0.808. The maximum absolute atomic E-state index is 6.25. The van der Waals surface area contributed by atoms with Gasteiger partial charge in [-0.3, -0.25) is 0 Å². The Balaban J connectivity index is 0.00000156. The van der Waals surface area contributed by atoms with E-state index in [1.807, 2.05) is 12.1 Å². The summed E-state index contributed by atoms with van der Waals surface area (Å²) in [6.07, 6.45) is 2.45. The van der Waals surface area contributed by atoms with E-state index in [4.69, 9.17) is 5.73 Å². The van der Waals surface area contributed by atoms with Gasteiger partial charge in [-0.1, -0.05) is 30.3 Å². The molecule has 3 nitrogen and oxygen atoms in total. The minimum absolute atomic E-state index is 0. The fourth-order valence-electron chi connectivity index (χ4n) is 4.05. The maximum atomic E-state index is 6.25. The van der Waals surface area contributed by atoms with Gasteiger partial charge in [-0.25, -0.2) is 0 Å². The Hall–Kier alpha value is -1.71. The zero-order chi connectivity index (χ0) is 15.2. The molecule has 0 radical (unpaired) electrons. The van der Waals surface area contributed by atoms with Gasteiger partial charge in [-0.2, -0.15) is 0 Å². The molecule has 0 amide bonds. The van der Waals surface area contributed by atoms with Crippen molar-refractivity contribution < 1.29 is 0 Å². The standard InChI is InChI=1S/C19H23N3.ClH/c1-21-12-10-19(11-13-21)14-22(17-8-4-2-6-15(17)19)18-9-5-3-7-16(18)20;/h2-9H,10-14,20H2,1H3;1H. The Morgan fingerprint density at radius 3 is 2.22 bits per heavy atom. The third-order valence-electron chi connectivity index (χ3n) is 5.40. The van der Waals surface area contributed by atoms with Gasteiger partial charge in [0.25, 0.3) is 0 Å². The number of anilines is 3. The van der Waals surface area contributed by atoms with E-state index >= 15 is 0 Å². The first-order chi connectivity index (χ1) is 10.7. The number of halogens is 1. The van der Waals surface area contributed by atoms with Gasteiger partial charge in [0.1, 0.15) is 0 Å². The monoisotopic (exact) mass is 329 g/mol. The first kappa shape index (κ1) is 16.2. The summed E-state index contributed by atoms with van der Waals surface area (Å²) < 4.78 is 0. The summed E-state index contributed by atoms with van der Waals surface area (Å²) >= 11 is 0. The highest BCUT2D eigenvalue weighted by molar-refractivity contribution is 5.85. The molecule has 2 aromatic carbocycles. The van der Waals surface area contributed by atoms with E-state index in [1.165, 1.54) is 37.2 Å². The van der Waals surface area contributed by atoms with Crippen LogP contribution in [0.15, 0.2) is 48.5 Å². The van der Waals surface area contributed by atoms with Crippen molar-refractivity contribution in [3.05, 3.63) is 54.1 Å². The number of nitrogens with zero attached hydrogens (tertiary/aromatic N) is 2. The molecule has 2 aliphatic rings. The van der Waals surface area contributed by atoms with E-state index in [1.54, 1.807) is 0 Å². The molecule has 2 N–H and O–H groups in total. The Morgan fingerprint density at radius 1 is 0.913 bits per heavy atom. The number of fused-ring (bicyclic) bond motifs is 2. The van der Waals surface area contributed by atoms with Gasteiger partial charge in [-0.15, -0.1) is 12.4 Å². The smallest absolute Gasteiger partial charge is 0.0644 e. The second-order valence-corrected chi connectivity index (χ2v) is 6.75. The number of piperidine rings is 1. The second-order valence-electron chi connectivity index (χ2n) is 6.75. The van der Waals surface area contributed by atoms with Gasteiger partial charge in [0.15, 0.2) is 0 Å². The van der Waals surface area contributed by atoms with Crippen LogP contribution in [0.5, 0.6) is 0 Å². The topological polar surface area (TPSA) is 32.5 Å². The fraction of sp³-hybridized carbons (Fsp3) is 0.368. The van der Waals surface area contributed by atoms with Crippen LogP contribution < -0.4 is 10.6 Å². The fourth-order valence-corrected chi connectivity index (χ4v) is 4.05. The van der Waals surface area contributed by atoms with Crippen molar-refractivity contribution in [1.29, 1.82) is 0 Å². The predicted molar refractivity (Wildman–Crippen MR) is 100.0 cm³/mol. The van der Waals surface area contributed by atoms with Gasteiger partial charge >= 0.3 is 0 Å². The van der Waals surface area contributed by atoms with Crippen LogP contribution in [0.4, 0.5) is 17.1 Å². The zero-order valence-corrected chi connectivity index (χ0v) is 14.4. The molecule has 0 unspecified atom stereocenters. The van der Waals surface area contributed by atoms with Crippen LogP contribution in [0.25, 0.3) is 0 Å². The van der Waals surface area contributed by atoms with Crippen LogP contribution >= 0.6 is 12.4 Å². The largest absolute Gasteiger partial charge is 0.397 e. The molecule has 2 aliphatic heterocycles. The van der Waals surface area contributed by atoms with Gasteiger partial charge < -0.3 is 15.5 Å². The normalized spacial score (nSPS) is 19.4. The number of rotatable bonds is 1. The van der Waals surface area contributed by atoms with Crippen molar-refractivity contribution in [2.75, 3.05) is 37.3 Å². The Morgan fingerprint density at radius 2 is 1.52 bits per heavy atom. The van der Waals surface area contributed by atoms with Crippen LogP contribution in [0, 0.1) is 0 Å². The molecule has 1 fully saturated rings. The molecule has 0 saturated carbocycles. The number of benzene rings is 2. The minimum atomic E-state index is 0. The number of hydrogen-bond acceptors (Lipinski definition) is 3. The minimum Gasteiger partial charge on any atom is -0.397 e. The molecular weight excluding hydrogens is 306 g/mol. The maximum Gasteiger partial charge on any atom is 0.0644 e. The molecule has 1 spiro atoms. The van der Waals surface area contributed by atoms with Crippen LogP contribution in [-0.2, 0) is 5.41 Å². The van der Waals surface area contributed by atoms with Crippen LogP contribution in [0.2, 0.25) is 0 Å². The predicted octanol–water partition coefficient (Wildman–Crippen LogP) is 3.81. The molecule has 0 atom stereocenters. The summed E-state index contributed by atoms with van der Waals surface area (Å²) in [6.45, 7) is 3.40. The van der Waals surface area contributed by atoms with Crippen molar-refractivity contribution >= 4 is 29.5 Å². The van der Waals surface area contributed by atoms with E-state index in [2.05, 4.69) is 53.2 Å². The highest BCUT2D eigenvalue weighted by atomic mass is 35.5. The summed E-state index contributed by atoms with van der Waals surface area (Å²) in [5, 5.41) is 0. The molecule has 1 saturated heterocycles. The van der Waals surface area contributed by atoms with Crippen molar-refractivity contribution in [3.63, 3.8) is 0 Å². The van der Waals surface area contributed by atoms with Crippen LogP contribution in [0.3, 0.4) is 0 Å². The van der Waals surface area contributed by atoms with Crippen LogP contribution in [-0.4, -0.2) is 31.6 Å². The van der Waals surface area contributed by atoms with E-state index in [-0.39, 0.29) is 17.8 Å². The SMILES string of the molecule is CN1CCC2(CC1)CN(c1ccccc1N)c1ccccc12.Cl. The number of hydrogen-bond donors (Lipinski definition) is 1. The Bertz CT molecular complexity index is 693. The zero-order valence-electron chi connectivity index (χ0n) is 13.5. The van der Waals surface area contributed by atoms with E-state index in [0.29, 0.717) is 0 Å². The lowest BCUT2D eigenvalue weighted by Crippen LogP contribution is -2.43. The second kappa shape index (κ2) is 6.06. The lowest BCUT2D eigenvalue weighted by atomic mass is 9.74. The van der Waals surface area contributed by atoms with E-state index < -0.39 is 0 Å². The molecule has 23 heavy (non-hydrogen) atoms. The first-order valence-electron chi connectivity index (χ1n) is 8.10. The third kappa shape index (κ3) is 2.58. The summed E-state index contributed by atoms with van der Waals surface area (Å²) in [5.74, 6) is 0. The van der Waals surface area contributed by atoms with Crippen molar-refractivity contribution in [1.82, 2.24) is 4.90 Å². The van der Waals surface area contributed by atoms with E-state index in [0.717, 1.165) is 17.9 Å². The molecular formula is C19H24ClN3. The van der Waals surface area contributed by atoms with Gasteiger partial charge in [0, 0.05) is 17.6 Å². The molecule has 2 heterocycles. The summed E-state index contributed by atoms with van der Waals surface area (Å²) in [5.41, 5.74) is 11.4. The molecule has 0 aliphatic carbocycles. The number of nitrogen functional groups attached to an aromatic ring is 1. The lowest BCUT2D eigenvalue weighted by molar-refractivity contribution is 0.198. The van der Waals surface area contributed by atoms with Gasteiger partial charge in [-0.05, 0) is 56.7 Å². The number of likely N-dealkylation sites (tertiary alicyclic amines) is 1. The average molecular weight is 330 g/mol. The highest BCUT2D eigenvalue weighted by Gasteiger charge is 2.44. The summed E-state index contributed by atoms with van der Waals surface area (Å²) in [7, 11) is 2.22. The van der Waals surface area contributed by atoms with Gasteiger partial charge in [0.05, 0.1) is 11.4 Å². The number of nitrogens with two attached hydrogens (primary N) is 1. The van der Waals surface area contributed by atoms with E-state index in [9.17, 15) is 0 Å². The van der Waals surface area contributed by atoms with Crippen LogP contribution in [0.1, 0.15) is 18.4 Å². The summed E-state index contributed by atoms with van der Waals surface area (Å²) in [6, 6.07) is 17.1. The van der Waals surface area contributed by atoms with Gasteiger partial charge in [0.2, 0.25) is 0 Å². The molecule has 122 valence electrons. The van der Waals surface area contributed by atoms with Crippen molar-refractivity contribution in [2.45, 2.75) is 18.3 Å². The van der Waals surface area contributed by atoms with Crippen molar-refractivity contribution in [2.24, 2.45) is 0 Å². The molecule has 2 aromatic rings. The third-order valence-corrected chi connectivity index (χ3v) is 5.40. The molecule has 0 bridgehead atoms. The highest BCUT2D eigenvalue weighted by Crippen LogP contribution is 2.50. The lowest BCUT2D eigenvalue weighted by Gasteiger charge is -2.38. The Labute approximate surface area is 144 Å². The number of para-hydroxylation sites is 3. The Kier molecular flexibility index (Phi) is 4.26. The molecule has 0 aromatic heterocycles. The summed E-state index contributed by atoms with van der Waals surface area (Å²) in [4.78, 5) is 4.86. The first-order valence-corrected chi connectivity index (χ1v) is 8.10. The molecule has 4 heteroatoms. The van der Waals surface area contributed by atoms with Crippen molar-refractivity contribution in [3.8, 4) is 0 Å².